The molecule has 1 aromatic heterocycles. The molecular weight excluding hydrogens is 292 g/mol. The first kappa shape index (κ1) is 15.4. The van der Waals surface area contributed by atoms with E-state index in [4.69, 9.17) is 0 Å². The van der Waals surface area contributed by atoms with Crippen molar-refractivity contribution in [1.29, 1.82) is 0 Å². The SMILES string of the molecule is CCCN1C(=O)[C@@](O)(CC(=O)c2ccncc2)c2ccccc21. The molecule has 2 heterocycles. The molecule has 2 aromatic rings. The number of para-hydroxylation sites is 1. The van der Waals surface area contributed by atoms with Crippen molar-refractivity contribution < 1.29 is 14.7 Å². The smallest absolute Gasteiger partial charge is 0.264 e. The fourth-order valence-electron chi connectivity index (χ4n) is 3.00. The van der Waals surface area contributed by atoms with Crippen molar-refractivity contribution in [2.75, 3.05) is 11.4 Å². The number of hydrogen-bond acceptors (Lipinski definition) is 4. The van der Waals surface area contributed by atoms with Gasteiger partial charge in [0.25, 0.3) is 5.91 Å². The number of amides is 1. The van der Waals surface area contributed by atoms with E-state index in [-0.39, 0.29) is 12.2 Å². The molecule has 23 heavy (non-hydrogen) atoms. The summed E-state index contributed by atoms with van der Waals surface area (Å²) in [5.74, 6) is -0.709. The summed E-state index contributed by atoms with van der Waals surface area (Å²) in [6.07, 6.45) is 3.54. The Morgan fingerprint density at radius 2 is 1.91 bits per heavy atom. The van der Waals surface area contributed by atoms with Gasteiger partial charge in [-0.15, -0.1) is 0 Å². The summed E-state index contributed by atoms with van der Waals surface area (Å²) < 4.78 is 0. The standard InChI is InChI=1S/C18H18N2O3/c1-2-11-20-15-6-4-3-5-14(15)18(23,17(20)22)12-16(21)13-7-9-19-10-8-13/h3-10,23H,2,11-12H2,1H3/t18-/m1/s1. The average molecular weight is 310 g/mol. The number of rotatable bonds is 5. The maximum absolute atomic E-state index is 12.8. The van der Waals surface area contributed by atoms with Crippen LogP contribution < -0.4 is 4.90 Å². The van der Waals surface area contributed by atoms with Crippen LogP contribution in [0.2, 0.25) is 0 Å². The number of Topliss-reactive ketones (excluding diaryl/α,β-unsaturated/α-hetero) is 1. The zero-order valence-electron chi connectivity index (χ0n) is 12.9. The Labute approximate surface area is 134 Å². The van der Waals surface area contributed by atoms with Crippen molar-refractivity contribution in [3.05, 3.63) is 59.9 Å². The Bertz CT molecular complexity index is 745. The first-order chi connectivity index (χ1) is 11.1. The van der Waals surface area contributed by atoms with Gasteiger partial charge in [-0.25, -0.2) is 0 Å². The zero-order valence-corrected chi connectivity index (χ0v) is 12.9. The first-order valence-electron chi connectivity index (χ1n) is 7.65. The first-order valence-corrected chi connectivity index (χ1v) is 7.65. The van der Waals surface area contributed by atoms with Crippen LogP contribution in [0.25, 0.3) is 0 Å². The lowest BCUT2D eigenvalue weighted by Gasteiger charge is -2.22. The molecule has 3 rings (SSSR count). The van der Waals surface area contributed by atoms with E-state index >= 15 is 0 Å². The fraction of sp³-hybridized carbons (Fsp3) is 0.278. The summed E-state index contributed by atoms with van der Waals surface area (Å²) >= 11 is 0. The molecule has 0 radical (unpaired) electrons. The van der Waals surface area contributed by atoms with Crippen molar-refractivity contribution in [2.45, 2.75) is 25.4 Å². The number of anilines is 1. The predicted molar refractivity (Wildman–Crippen MR) is 86.2 cm³/mol. The topological polar surface area (TPSA) is 70.5 Å². The van der Waals surface area contributed by atoms with E-state index < -0.39 is 11.5 Å². The van der Waals surface area contributed by atoms with Gasteiger partial charge in [0.1, 0.15) is 0 Å². The molecule has 0 aliphatic carbocycles. The van der Waals surface area contributed by atoms with E-state index in [0.29, 0.717) is 23.4 Å². The monoisotopic (exact) mass is 310 g/mol. The third-order valence-electron chi connectivity index (χ3n) is 4.11. The third-order valence-corrected chi connectivity index (χ3v) is 4.11. The largest absolute Gasteiger partial charge is 0.375 e. The van der Waals surface area contributed by atoms with Gasteiger partial charge in [0, 0.05) is 30.1 Å². The number of fused-ring (bicyclic) bond motifs is 1. The van der Waals surface area contributed by atoms with E-state index in [1.807, 2.05) is 13.0 Å². The Morgan fingerprint density at radius 1 is 1.22 bits per heavy atom. The number of ketones is 1. The van der Waals surface area contributed by atoms with Gasteiger partial charge in [-0.2, -0.15) is 0 Å². The van der Waals surface area contributed by atoms with Crippen LogP contribution in [0.1, 0.15) is 35.7 Å². The van der Waals surface area contributed by atoms with Gasteiger partial charge in [-0.05, 0) is 24.6 Å². The summed E-state index contributed by atoms with van der Waals surface area (Å²) in [4.78, 5) is 30.7. The van der Waals surface area contributed by atoms with Gasteiger partial charge in [0.05, 0.1) is 12.1 Å². The quantitative estimate of drug-likeness (QED) is 0.860. The number of nitrogens with zero attached hydrogens (tertiary/aromatic N) is 2. The highest BCUT2D eigenvalue weighted by Gasteiger charge is 2.50. The zero-order chi connectivity index (χ0) is 16.4. The Morgan fingerprint density at radius 3 is 2.61 bits per heavy atom. The molecule has 118 valence electrons. The molecule has 5 heteroatoms. The number of aromatic nitrogens is 1. The molecule has 1 atom stereocenters. The Kier molecular flexibility index (Phi) is 3.96. The van der Waals surface area contributed by atoms with E-state index in [0.717, 1.165) is 6.42 Å². The molecule has 5 nitrogen and oxygen atoms in total. The van der Waals surface area contributed by atoms with Crippen LogP contribution in [0.3, 0.4) is 0 Å². The molecule has 1 amide bonds. The molecule has 1 aromatic carbocycles. The Balaban J connectivity index is 1.97. The second kappa shape index (κ2) is 5.93. The van der Waals surface area contributed by atoms with E-state index in [1.54, 1.807) is 35.2 Å². The van der Waals surface area contributed by atoms with Crippen LogP contribution in [-0.4, -0.2) is 28.3 Å². The fourth-order valence-corrected chi connectivity index (χ4v) is 3.00. The van der Waals surface area contributed by atoms with Crippen LogP contribution in [-0.2, 0) is 10.4 Å². The molecule has 0 bridgehead atoms. The van der Waals surface area contributed by atoms with Crippen molar-refractivity contribution in [2.24, 2.45) is 0 Å². The van der Waals surface area contributed by atoms with Crippen molar-refractivity contribution in [3.63, 3.8) is 0 Å². The highest BCUT2D eigenvalue weighted by molar-refractivity contribution is 6.10. The second-order valence-electron chi connectivity index (χ2n) is 5.67. The molecule has 1 N–H and O–H groups in total. The maximum atomic E-state index is 12.8. The van der Waals surface area contributed by atoms with Crippen LogP contribution in [0.15, 0.2) is 48.8 Å². The van der Waals surface area contributed by atoms with Crippen LogP contribution in [0, 0.1) is 0 Å². The third kappa shape index (κ3) is 2.53. The molecular formula is C18H18N2O3. The van der Waals surface area contributed by atoms with Crippen LogP contribution in [0.5, 0.6) is 0 Å². The molecule has 1 aliphatic heterocycles. The van der Waals surface area contributed by atoms with Gasteiger partial charge in [0.2, 0.25) is 0 Å². The van der Waals surface area contributed by atoms with Gasteiger partial charge in [0.15, 0.2) is 11.4 Å². The summed E-state index contributed by atoms with van der Waals surface area (Å²) in [6.45, 7) is 2.48. The Hall–Kier alpha value is -2.53. The van der Waals surface area contributed by atoms with Gasteiger partial charge >= 0.3 is 0 Å². The van der Waals surface area contributed by atoms with Crippen molar-refractivity contribution >= 4 is 17.4 Å². The predicted octanol–water partition coefficient (Wildman–Crippen LogP) is 2.30. The van der Waals surface area contributed by atoms with Crippen molar-refractivity contribution in [1.82, 2.24) is 4.98 Å². The summed E-state index contributed by atoms with van der Waals surface area (Å²) in [7, 11) is 0. The number of benzene rings is 1. The lowest BCUT2D eigenvalue weighted by atomic mass is 9.88. The number of pyridine rings is 1. The number of hydrogen-bond donors (Lipinski definition) is 1. The average Bonchev–Trinajstić information content (AvgIpc) is 2.78. The van der Waals surface area contributed by atoms with Crippen molar-refractivity contribution in [3.8, 4) is 0 Å². The van der Waals surface area contributed by atoms with Gasteiger partial charge in [-0.3, -0.25) is 14.6 Å². The number of carbonyl (C=O) groups excluding carboxylic acids is 2. The second-order valence-corrected chi connectivity index (χ2v) is 5.67. The van der Waals surface area contributed by atoms with Gasteiger partial charge < -0.3 is 10.0 Å². The minimum absolute atomic E-state index is 0.271. The van der Waals surface area contributed by atoms with Gasteiger partial charge in [-0.1, -0.05) is 25.1 Å². The maximum Gasteiger partial charge on any atom is 0.264 e. The van der Waals surface area contributed by atoms with Crippen LogP contribution in [0.4, 0.5) is 5.69 Å². The number of carbonyl (C=O) groups is 2. The van der Waals surface area contributed by atoms with E-state index in [9.17, 15) is 14.7 Å². The highest BCUT2D eigenvalue weighted by Crippen LogP contribution is 2.42. The molecule has 0 saturated heterocycles. The number of aliphatic hydroxyl groups is 1. The van der Waals surface area contributed by atoms with E-state index in [2.05, 4.69) is 4.98 Å². The summed E-state index contributed by atoms with van der Waals surface area (Å²) in [5.41, 5.74) is -0.176. The molecule has 0 spiro atoms. The lowest BCUT2D eigenvalue weighted by molar-refractivity contribution is -0.135. The lowest BCUT2D eigenvalue weighted by Crippen LogP contribution is -2.42. The normalized spacial score (nSPS) is 19.7. The molecule has 1 aliphatic rings. The van der Waals surface area contributed by atoms with Crippen LogP contribution >= 0.6 is 0 Å². The summed E-state index contributed by atoms with van der Waals surface area (Å²) in [5, 5.41) is 11.0. The summed E-state index contributed by atoms with van der Waals surface area (Å²) in [6, 6.07) is 10.3. The minimum atomic E-state index is -1.80. The molecule has 0 unspecified atom stereocenters. The molecule has 0 fully saturated rings. The highest BCUT2D eigenvalue weighted by atomic mass is 16.3. The minimum Gasteiger partial charge on any atom is -0.375 e. The molecule has 0 saturated carbocycles. The van der Waals surface area contributed by atoms with E-state index in [1.165, 1.54) is 12.4 Å².